The maximum Gasteiger partial charge on any atom is 0.210 e. The van der Waals surface area contributed by atoms with Gasteiger partial charge in [0.25, 0.3) is 0 Å². The molecule has 0 aliphatic heterocycles. The van der Waals surface area contributed by atoms with E-state index in [4.69, 9.17) is 5.73 Å². The van der Waals surface area contributed by atoms with Gasteiger partial charge < -0.3 is 5.73 Å². The lowest BCUT2D eigenvalue weighted by Crippen LogP contribution is -2.10. The minimum atomic E-state index is 0.177. The van der Waals surface area contributed by atoms with Crippen molar-refractivity contribution in [2.75, 3.05) is 6.54 Å². The lowest BCUT2D eigenvalue weighted by molar-refractivity contribution is 0.564. The van der Waals surface area contributed by atoms with E-state index in [9.17, 15) is 0 Å². The number of hydrogen-bond acceptors (Lipinski definition) is 5. The van der Waals surface area contributed by atoms with Crippen LogP contribution in [0.25, 0.3) is 0 Å². The monoisotopic (exact) mass is 339 g/mol. The highest BCUT2D eigenvalue weighted by Gasteiger charge is 2.29. The lowest BCUT2D eigenvalue weighted by Gasteiger charge is -2.14. The molecule has 1 aromatic carbocycles. The van der Waals surface area contributed by atoms with Crippen LogP contribution in [0.15, 0.2) is 33.9 Å². The molecule has 1 atom stereocenters. The molecule has 0 bridgehead atoms. The first-order valence-electron chi connectivity index (χ1n) is 6.18. The first kappa shape index (κ1) is 13.1. The first-order chi connectivity index (χ1) is 9.28. The molecule has 100 valence electrons. The van der Waals surface area contributed by atoms with Crippen LogP contribution >= 0.6 is 27.7 Å². The van der Waals surface area contributed by atoms with Crippen LogP contribution < -0.4 is 5.73 Å². The quantitative estimate of drug-likeness (QED) is 0.847. The Hall–Kier alpha value is -0.920. The molecule has 0 saturated heterocycles. The lowest BCUT2D eigenvalue weighted by atomic mass is 10.1. The maximum atomic E-state index is 5.89. The maximum absolute atomic E-state index is 5.89. The number of rotatable bonds is 5. The van der Waals surface area contributed by atoms with Crippen LogP contribution in [0.1, 0.15) is 29.7 Å². The highest BCUT2D eigenvalue weighted by Crippen LogP contribution is 2.40. The molecule has 19 heavy (non-hydrogen) atoms. The van der Waals surface area contributed by atoms with E-state index in [-0.39, 0.29) is 5.25 Å². The molecule has 5 nitrogen and oxygen atoms in total. The molecule has 2 aromatic rings. The Balaban J connectivity index is 1.79. The van der Waals surface area contributed by atoms with Gasteiger partial charge in [0, 0.05) is 16.3 Å². The van der Waals surface area contributed by atoms with E-state index in [1.807, 2.05) is 16.8 Å². The third kappa shape index (κ3) is 2.98. The summed E-state index contributed by atoms with van der Waals surface area (Å²) in [5.41, 5.74) is 7.09. The molecular formula is C12H14BrN5S. The molecule has 1 unspecified atom stereocenters. The van der Waals surface area contributed by atoms with Gasteiger partial charge >= 0.3 is 0 Å². The minimum Gasteiger partial charge on any atom is -0.329 e. The molecule has 7 heteroatoms. The number of nitrogens with two attached hydrogens (primary N) is 1. The third-order valence-corrected chi connectivity index (χ3v) is 4.82. The number of tetrazole rings is 1. The highest BCUT2D eigenvalue weighted by atomic mass is 79.9. The number of thioether (sulfide) groups is 1. The molecule has 1 heterocycles. The largest absolute Gasteiger partial charge is 0.329 e. The van der Waals surface area contributed by atoms with Crippen LogP contribution in [-0.2, 0) is 0 Å². The zero-order valence-electron chi connectivity index (χ0n) is 10.2. The van der Waals surface area contributed by atoms with Crippen LogP contribution in [-0.4, -0.2) is 26.8 Å². The van der Waals surface area contributed by atoms with E-state index in [1.165, 1.54) is 18.4 Å². The fourth-order valence-electron chi connectivity index (χ4n) is 1.87. The van der Waals surface area contributed by atoms with Crippen molar-refractivity contribution in [3.05, 3.63) is 34.3 Å². The van der Waals surface area contributed by atoms with E-state index in [2.05, 4.69) is 43.6 Å². The molecule has 0 spiro atoms. The fraction of sp³-hybridized carbons (Fsp3) is 0.417. The van der Waals surface area contributed by atoms with Crippen LogP contribution in [0.3, 0.4) is 0 Å². The van der Waals surface area contributed by atoms with E-state index >= 15 is 0 Å². The Morgan fingerprint density at radius 2 is 2.11 bits per heavy atom. The summed E-state index contributed by atoms with van der Waals surface area (Å²) in [6, 6.07) is 8.71. The summed E-state index contributed by atoms with van der Waals surface area (Å²) < 4.78 is 2.99. The van der Waals surface area contributed by atoms with Gasteiger partial charge in [0.2, 0.25) is 5.16 Å². The van der Waals surface area contributed by atoms with E-state index in [0.29, 0.717) is 12.6 Å². The predicted molar refractivity (Wildman–Crippen MR) is 77.9 cm³/mol. The van der Waals surface area contributed by atoms with Crippen molar-refractivity contribution in [1.29, 1.82) is 0 Å². The Kier molecular flexibility index (Phi) is 3.86. The van der Waals surface area contributed by atoms with Crippen molar-refractivity contribution >= 4 is 27.7 Å². The summed E-state index contributed by atoms with van der Waals surface area (Å²) in [7, 11) is 0. The van der Waals surface area contributed by atoms with Crippen LogP contribution in [0.4, 0.5) is 0 Å². The van der Waals surface area contributed by atoms with Crippen LogP contribution in [0.5, 0.6) is 0 Å². The van der Waals surface area contributed by atoms with Gasteiger partial charge in [-0.2, -0.15) is 0 Å². The Bertz CT molecular complexity index is 552. The molecular weight excluding hydrogens is 326 g/mol. The van der Waals surface area contributed by atoms with Gasteiger partial charge in [-0.15, -0.1) is 5.10 Å². The summed E-state index contributed by atoms with van der Waals surface area (Å²) in [4.78, 5) is 0. The van der Waals surface area contributed by atoms with Crippen molar-refractivity contribution in [2.45, 2.75) is 29.3 Å². The summed E-state index contributed by atoms with van der Waals surface area (Å²) in [6.07, 6.45) is 2.34. The average molecular weight is 340 g/mol. The second-order valence-electron chi connectivity index (χ2n) is 4.53. The summed E-state index contributed by atoms with van der Waals surface area (Å²) in [6.45, 7) is 0.559. The second kappa shape index (κ2) is 5.60. The van der Waals surface area contributed by atoms with E-state index < -0.39 is 0 Å². The van der Waals surface area contributed by atoms with Crippen molar-refractivity contribution in [3.8, 4) is 0 Å². The van der Waals surface area contributed by atoms with Gasteiger partial charge in [0.15, 0.2) is 0 Å². The number of benzene rings is 1. The van der Waals surface area contributed by atoms with Gasteiger partial charge in [-0.3, -0.25) is 0 Å². The van der Waals surface area contributed by atoms with Crippen LogP contribution in [0.2, 0.25) is 0 Å². The van der Waals surface area contributed by atoms with E-state index in [1.54, 1.807) is 11.8 Å². The highest BCUT2D eigenvalue weighted by molar-refractivity contribution is 9.10. The second-order valence-corrected chi connectivity index (χ2v) is 6.62. The molecule has 1 fully saturated rings. The van der Waals surface area contributed by atoms with Gasteiger partial charge in [0.1, 0.15) is 0 Å². The van der Waals surface area contributed by atoms with Crippen molar-refractivity contribution < 1.29 is 0 Å². The molecule has 1 saturated carbocycles. The third-order valence-electron chi connectivity index (χ3n) is 3.06. The van der Waals surface area contributed by atoms with Gasteiger partial charge in [-0.1, -0.05) is 39.8 Å². The van der Waals surface area contributed by atoms with Crippen molar-refractivity contribution in [3.63, 3.8) is 0 Å². The zero-order chi connectivity index (χ0) is 13.2. The molecule has 1 aliphatic carbocycles. The van der Waals surface area contributed by atoms with Gasteiger partial charge in [-0.25, -0.2) is 4.68 Å². The average Bonchev–Trinajstić information content (AvgIpc) is 3.17. The number of nitrogens with zero attached hydrogens (tertiary/aromatic N) is 4. The van der Waals surface area contributed by atoms with Gasteiger partial charge in [0.05, 0.1) is 6.04 Å². The molecule has 0 amide bonds. The summed E-state index contributed by atoms with van der Waals surface area (Å²) in [5.74, 6) is 0. The number of aromatic nitrogens is 4. The zero-order valence-corrected chi connectivity index (χ0v) is 12.6. The summed E-state index contributed by atoms with van der Waals surface area (Å²) >= 11 is 5.08. The molecule has 1 aliphatic rings. The fourth-order valence-corrected chi connectivity index (χ4v) is 3.15. The number of halogens is 1. The molecule has 2 N–H and O–H groups in total. The SMILES string of the molecule is NCC(Sc1nnnn1C1CC1)c1ccc(Br)cc1. The standard InChI is InChI=1S/C12H14BrN5S/c13-9-3-1-8(2-4-9)11(7-14)19-12-15-16-17-18(12)10-5-6-10/h1-4,10-11H,5-7,14H2. The Labute approximate surface area is 124 Å². The van der Waals surface area contributed by atoms with Crippen LogP contribution in [0, 0.1) is 0 Å². The van der Waals surface area contributed by atoms with Gasteiger partial charge in [-0.05, 0) is 41.0 Å². The van der Waals surface area contributed by atoms with E-state index in [0.717, 1.165) is 9.63 Å². The molecule has 1 aromatic heterocycles. The Morgan fingerprint density at radius 1 is 1.37 bits per heavy atom. The summed E-state index contributed by atoms with van der Waals surface area (Å²) in [5, 5.41) is 13.0. The molecule has 3 rings (SSSR count). The van der Waals surface area contributed by atoms with Crippen molar-refractivity contribution in [2.24, 2.45) is 5.73 Å². The smallest absolute Gasteiger partial charge is 0.210 e. The molecule has 0 radical (unpaired) electrons. The predicted octanol–water partition coefficient (Wildman–Crippen LogP) is 2.56. The van der Waals surface area contributed by atoms with Crippen molar-refractivity contribution in [1.82, 2.24) is 20.2 Å². The minimum absolute atomic E-state index is 0.177. The Morgan fingerprint density at radius 3 is 2.74 bits per heavy atom. The number of hydrogen-bond donors (Lipinski definition) is 1. The first-order valence-corrected chi connectivity index (χ1v) is 7.85. The normalized spacial score (nSPS) is 16.5. The topological polar surface area (TPSA) is 69.6 Å².